The first-order valence-corrected chi connectivity index (χ1v) is 4.46. The van der Waals surface area contributed by atoms with Crippen molar-refractivity contribution in [1.82, 2.24) is 4.90 Å². The van der Waals surface area contributed by atoms with Gasteiger partial charge in [0.2, 0.25) is 0 Å². The molecular formula is C8H14N2O4. The summed E-state index contributed by atoms with van der Waals surface area (Å²) in [6, 6.07) is -0.854. The molecule has 0 spiro atoms. The van der Waals surface area contributed by atoms with Crippen molar-refractivity contribution >= 4 is 11.9 Å². The molecule has 0 aromatic heterocycles. The van der Waals surface area contributed by atoms with Crippen LogP contribution < -0.4 is 5.73 Å². The number of carboxylic acid groups (broad SMARTS) is 1. The van der Waals surface area contributed by atoms with Crippen LogP contribution in [-0.2, 0) is 14.3 Å². The van der Waals surface area contributed by atoms with Crippen molar-refractivity contribution in [2.45, 2.75) is 12.5 Å². The summed E-state index contributed by atoms with van der Waals surface area (Å²) in [6.45, 7) is 1.77. The Morgan fingerprint density at radius 1 is 1.71 bits per heavy atom. The van der Waals surface area contributed by atoms with E-state index in [0.29, 0.717) is 26.1 Å². The summed E-state index contributed by atoms with van der Waals surface area (Å²) >= 11 is 0. The van der Waals surface area contributed by atoms with E-state index in [9.17, 15) is 9.59 Å². The highest BCUT2D eigenvalue weighted by Crippen LogP contribution is 2.00. The van der Waals surface area contributed by atoms with Crippen LogP contribution in [0, 0.1) is 0 Å². The van der Waals surface area contributed by atoms with Crippen LogP contribution in [-0.4, -0.2) is 54.2 Å². The molecule has 0 aromatic rings. The SMILES string of the molecule is NC(CCN1CCOC(=O)C1)C(=O)O. The van der Waals surface area contributed by atoms with Crippen LogP contribution in [0.15, 0.2) is 0 Å². The summed E-state index contributed by atoms with van der Waals surface area (Å²) in [7, 11) is 0. The lowest BCUT2D eigenvalue weighted by Gasteiger charge is -2.25. The second-order valence-corrected chi connectivity index (χ2v) is 3.23. The second kappa shape index (κ2) is 4.92. The Bertz CT molecular complexity index is 231. The number of carbonyl (C=O) groups excluding carboxylic acids is 1. The van der Waals surface area contributed by atoms with Gasteiger partial charge in [-0.2, -0.15) is 0 Å². The van der Waals surface area contributed by atoms with E-state index in [1.165, 1.54) is 0 Å². The van der Waals surface area contributed by atoms with Gasteiger partial charge < -0.3 is 15.6 Å². The second-order valence-electron chi connectivity index (χ2n) is 3.23. The summed E-state index contributed by atoms with van der Waals surface area (Å²) in [5.41, 5.74) is 5.33. The Hall–Kier alpha value is -1.14. The molecule has 6 nitrogen and oxygen atoms in total. The summed E-state index contributed by atoms with van der Waals surface area (Å²) in [6.07, 6.45) is 0.350. The predicted octanol–water partition coefficient (Wildman–Crippen LogP) is -1.35. The van der Waals surface area contributed by atoms with Crippen LogP contribution in [0.3, 0.4) is 0 Å². The molecule has 1 fully saturated rings. The Kier molecular flexibility index (Phi) is 3.84. The van der Waals surface area contributed by atoms with Gasteiger partial charge in [-0.1, -0.05) is 0 Å². The lowest BCUT2D eigenvalue weighted by molar-refractivity contribution is -0.150. The average molecular weight is 202 g/mol. The molecule has 0 amide bonds. The molecular weight excluding hydrogens is 188 g/mol. The molecule has 14 heavy (non-hydrogen) atoms. The van der Waals surface area contributed by atoms with E-state index in [1.54, 1.807) is 0 Å². The minimum absolute atomic E-state index is 0.229. The minimum atomic E-state index is -1.01. The van der Waals surface area contributed by atoms with Crippen molar-refractivity contribution < 1.29 is 19.4 Å². The monoisotopic (exact) mass is 202 g/mol. The number of nitrogens with zero attached hydrogens (tertiary/aromatic N) is 1. The maximum Gasteiger partial charge on any atom is 0.320 e. The number of aliphatic carboxylic acids is 1. The standard InChI is InChI=1S/C8H14N2O4/c9-6(8(12)13)1-2-10-3-4-14-7(11)5-10/h6H,1-5,9H2,(H,12,13). The third-order valence-electron chi connectivity index (χ3n) is 2.10. The highest BCUT2D eigenvalue weighted by Gasteiger charge is 2.19. The molecule has 80 valence electrons. The van der Waals surface area contributed by atoms with Crippen molar-refractivity contribution in [3.63, 3.8) is 0 Å². The maximum atomic E-state index is 10.8. The predicted molar refractivity (Wildman–Crippen MR) is 47.6 cm³/mol. The van der Waals surface area contributed by atoms with Crippen LogP contribution in [0.1, 0.15) is 6.42 Å². The van der Waals surface area contributed by atoms with Gasteiger partial charge in [0.15, 0.2) is 0 Å². The Morgan fingerprint density at radius 3 is 3.00 bits per heavy atom. The fourth-order valence-electron chi connectivity index (χ4n) is 1.23. The smallest absolute Gasteiger partial charge is 0.320 e. The fraction of sp³-hybridized carbons (Fsp3) is 0.750. The van der Waals surface area contributed by atoms with Crippen LogP contribution in [0.5, 0.6) is 0 Å². The number of cyclic esters (lactones) is 1. The van der Waals surface area contributed by atoms with E-state index in [2.05, 4.69) is 0 Å². The number of esters is 1. The van der Waals surface area contributed by atoms with Crippen LogP contribution in [0.2, 0.25) is 0 Å². The van der Waals surface area contributed by atoms with Crippen molar-refractivity contribution in [3.8, 4) is 0 Å². The maximum absolute atomic E-state index is 10.8. The number of carboxylic acids is 1. The molecule has 1 heterocycles. The molecule has 1 atom stereocenters. The number of hydrogen-bond acceptors (Lipinski definition) is 5. The van der Waals surface area contributed by atoms with Gasteiger partial charge in [0, 0.05) is 13.1 Å². The first-order chi connectivity index (χ1) is 6.59. The number of hydrogen-bond donors (Lipinski definition) is 2. The van der Waals surface area contributed by atoms with Crippen LogP contribution >= 0.6 is 0 Å². The number of ether oxygens (including phenoxy) is 1. The van der Waals surface area contributed by atoms with Gasteiger partial charge in [-0.05, 0) is 6.42 Å². The quantitative estimate of drug-likeness (QED) is 0.547. The molecule has 3 N–H and O–H groups in total. The third kappa shape index (κ3) is 3.31. The van der Waals surface area contributed by atoms with E-state index in [0.717, 1.165) is 0 Å². The zero-order chi connectivity index (χ0) is 10.6. The molecule has 0 aliphatic carbocycles. The van der Waals surface area contributed by atoms with Crippen molar-refractivity contribution in [2.75, 3.05) is 26.2 Å². The van der Waals surface area contributed by atoms with E-state index < -0.39 is 12.0 Å². The normalized spacial score (nSPS) is 20.2. The zero-order valence-electron chi connectivity index (χ0n) is 7.81. The van der Waals surface area contributed by atoms with E-state index in [4.69, 9.17) is 15.6 Å². The van der Waals surface area contributed by atoms with E-state index >= 15 is 0 Å². The minimum Gasteiger partial charge on any atom is -0.480 e. The molecule has 1 aliphatic rings. The Morgan fingerprint density at radius 2 is 2.43 bits per heavy atom. The summed E-state index contributed by atoms with van der Waals surface area (Å²) in [5, 5.41) is 8.53. The van der Waals surface area contributed by atoms with Gasteiger partial charge in [-0.15, -0.1) is 0 Å². The number of nitrogens with two attached hydrogens (primary N) is 1. The van der Waals surface area contributed by atoms with Gasteiger partial charge in [-0.25, -0.2) is 0 Å². The fourth-order valence-corrected chi connectivity index (χ4v) is 1.23. The third-order valence-corrected chi connectivity index (χ3v) is 2.10. The Labute approximate surface area is 81.6 Å². The molecule has 0 radical (unpaired) electrons. The number of rotatable bonds is 4. The lowest BCUT2D eigenvalue weighted by atomic mass is 10.2. The summed E-state index contributed by atoms with van der Waals surface area (Å²) < 4.78 is 4.73. The molecule has 6 heteroatoms. The van der Waals surface area contributed by atoms with Gasteiger partial charge in [-0.3, -0.25) is 14.5 Å². The largest absolute Gasteiger partial charge is 0.480 e. The van der Waals surface area contributed by atoms with Crippen molar-refractivity contribution in [2.24, 2.45) is 5.73 Å². The molecule has 0 bridgehead atoms. The molecule has 0 saturated carbocycles. The van der Waals surface area contributed by atoms with Crippen LogP contribution in [0.4, 0.5) is 0 Å². The molecule has 1 rings (SSSR count). The van der Waals surface area contributed by atoms with Crippen LogP contribution in [0.25, 0.3) is 0 Å². The van der Waals surface area contributed by atoms with Crippen molar-refractivity contribution in [1.29, 1.82) is 0 Å². The highest BCUT2D eigenvalue weighted by atomic mass is 16.5. The Balaban J connectivity index is 2.23. The average Bonchev–Trinajstić information content (AvgIpc) is 2.14. The summed E-state index contributed by atoms with van der Waals surface area (Å²) in [5.74, 6) is -1.27. The molecule has 1 saturated heterocycles. The first kappa shape index (κ1) is 10.9. The molecule has 0 aromatic carbocycles. The van der Waals surface area contributed by atoms with Gasteiger partial charge in [0.1, 0.15) is 12.6 Å². The first-order valence-electron chi connectivity index (χ1n) is 4.46. The molecule has 1 unspecified atom stereocenters. The van der Waals surface area contributed by atoms with E-state index in [1.807, 2.05) is 4.90 Å². The topological polar surface area (TPSA) is 92.9 Å². The highest BCUT2D eigenvalue weighted by molar-refractivity contribution is 5.73. The van der Waals surface area contributed by atoms with E-state index in [-0.39, 0.29) is 12.5 Å². The van der Waals surface area contributed by atoms with Gasteiger partial charge in [0.05, 0.1) is 6.54 Å². The zero-order valence-corrected chi connectivity index (χ0v) is 7.81. The molecule has 1 aliphatic heterocycles. The number of carbonyl (C=O) groups is 2. The van der Waals surface area contributed by atoms with Gasteiger partial charge >= 0.3 is 11.9 Å². The summed E-state index contributed by atoms with van der Waals surface area (Å²) in [4.78, 5) is 23.1. The van der Waals surface area contributed by atoms with Crippen molar-refractivity contribution in [3.05, 3.63) is 0 Å². The van der Waals surface area contributed by atoms with Gasteiger partial charge in [0.25, 0.3) is 0 Å². The number of morpholine rings is 1. The lowest BCUT2D eigenvalue weighted by Crippen LogP contribution is -2.42.